The number of carbonyl (C=O) groups is 1. The van der Waals surface area contributed by atoms with Gasteiger partial charge in [0.2, 0.25) is 0 Å². The van der Waals surface area contributed by atoms with Crippen molar-refractivity contribution in [2.45, 2.75) is 74.4 Å². The number of rotatable bonds is 3. The second kappa shape index (κ2) is 7.48. The van der Waals surface area contributed by atoms with Gasteiger partial charge in [0.25, 0.3) is 0 Å². The van der Waals surface area contributed by atoms with Crippen molar-refractivity contribution < 1.29 is 23.1 Å². The van der Waals surface area contributed by atoms with Gasteiger partial charge in [0.1, 0.15) is 0 Å². The van der Waals surface area contributed by atoms with Crippen LogP contribution in [-0.4, -0.2) is 32.9 Å². The van der Waals surface area contributed by atoms with Crippen LogP contribution in [0.5, 0.6) is 0 Å². The molecule has 1 fully saturated rings. The van der Waals surface area contributed by atoms with E-state index in [9.17, 15) is 23.1 Å². The molecular formula is C18H24F3NO2S. The normalized spacial score (nSPS) is 21.8. The highest BCUT2D eigenvalue weighted by Crippen LogP contribution is 2.38. The summed E-state index contributed by atoms with van der Waals surface area (Å²) in [4.78, 5) is 13.7. The molecule has 0 bridgehead atoms. The summed E-state index contributed by atoms with van der Waals surface area (Å²) in [6.45, 7) is 5.64. The quantitative estimate of drug-likeness (QED) is 0.716. The van der Waals surface area contributed by atoms with Crippen molar-refractivity contribution in [3.8, 4) is 0 Å². The molecule has 0 unspecified atom stereocenters. The van der Waals surface area contributed by atoms with Gasteiger partial charge in [-0.2, -0.15) is 13.2 Å². The van der Waals surface area contributed by atoms with E-state index in [0.717, 1.165) is 31.7 Å². The minimum absolute atomic E-state index is 0.0316. The van der Waals surface area contributed by atoms with Crippen LogP contribution in [0.3, 0.4) is 0 Å². The summed E-state index contributed by atoms with van der Waals surface area (Å²) in [6, 6.07) is 5.37. The van der Waals surface area contributed by atoms with Crippen molar-refractivity contribution in [2.24, 2.45) is 0 Å². The summed E-state index contributed by atoms with van der Waals surface area (Å²) >= 11 is 1.46. The van der Waals surface area contributed by atoms with Crippen LogP contribution in [-0.2, 0) is 6.18 Å². The first-order valence-electron chi connectivity index (χ1n) is 8.34. The number of hydrogen-bond acceptors (Lipinski definition) is 2. The van der Waals surface area contributed by atoms with Crippen molar-refractivity contribution in [3.63, 3.8) is 0 Å². The van der Waals surface area contributed by atoms with Gasteiger partial charge in [0.15, 0.2) is 0 Å². The van der Waals surface area contributed by atoms with Crippen molar-refractivity contribution >= 4 is 17.9 Å². The third-order valence-corrected chi connectivity index (χ3v) is 5.73. The fraction of sp³-hybridized carbons (Fsp3) is 0.611. The zero-order chi connectivity index (χ0) is 18.8. The van der Waals surface area contributed by atoms with E-state index in [0.29, 0.717) is 4.90 Å². The standard InChI is InChI=1S/C18H24F3NO2S/c1-17(2,3)22(16(23)24)13-7-9-14(10-8-13)25-15-6-4-5-12(11-15)18(19,20)21/h4-6,11,13-14H,7-10H2,1-3H3,(H,23,24). The number of carboxylic acid groups (broad SMARTS) is 1. The van der Waals surface area contributed by atoms with Gasteiger partial charge in [-0.25, -0.2) is 4.79 Å². The van der Waals surface area contributed by atoms with Crippen LogP contribution in [0.15, 0.2) is 29.2 Å². The van der Waals surface area contributed by atoms with Gasteiger partial charge in [-0.15, -0.1) is 11.8 Å². The van der Waals surface area contributed by atoms with E-state index >= 15 is 0 Å². The van der Waals surface area contributed by atoms with Gasteiger partial charge < -0.3 is 10.0 Å². The van der Waals surface area contributed by atoms with E-state index in [4.69, 9.17) is 0 Å². The lowest BCUT2D eigenvalue weighted by molar-refractivity contribution is -0.137. The predicted octanol–water partition coefficient (Wildman–Crippen LogP) is 5.89. The smallest absolute Gasteiger partial charge is 0.416 e. The van der Waals surface area contributed by atoms with Gasteiger partial charge >= 0.3 is 12.3 Å². The van der Waals surface area contributed by atoms with Crippen molar-refractivity contribution in [1.82, 2.24) is 4.90 Å². The molecule has 1 aliphatic carbocycles. The van der Waals surface area contributed by atoms with E-state index in [1.54, 1.807) is 6.07 Å². The second-order valence-corrected chi connectivity index (χ2v) is 8.77. The fourth-order valence-electron chi connectivity index (χ4n) is 3.35. The lowest BCUT2D eigenvalue weighted by Gasteiger charge is -2.42. The van der Waals surface area contributed by atoms with Crippen LogP contribution in [0, 0.1) is 0 Å². The number of amides is 1. The van der Waals surface area contributed by atoms with E-state index < -0.39 is 23.4 Å². The Bertz CT molecular complexity index is 605. The molecule has 140 valence electrons. The molecule has 3 nitrogen and oxygen atoms in total. The Morgan fingerprint density at radius 1 is 1.16 bits per heavy atom. The lowest BCUT2D eigenvalue weighted by atomic mass is 9.91. The Morgan fingerprint density at radius 2 is 1.76 bits per heavy atom. The maximum absolute atomic E-state index is 12.8. The zero-order valence-corrected chi connectivity index (χ0v) is 15.5. The summed E-state index contributed by atoms with van der Waals surface area (Å²) in [7, 11) is 0. The van der Waals surface area contributed by atoms with Gasteiger partial charge in [-0.1, -0.05) is 6.07 Å². The van der Waals surface area contributed by atoms with Gasteiger partial charge in [-0.3, -0.25) is 0 Å². The minimum Gasteiger partial charge on any atom is -0.465 e. The summed E-state index contributed by atoms with van der Waals surface area (Å²) in [5, 5.41) is 9.70. The first kappa shape index (κ1) is 19.9. The van der Waals surface area contributed by atoms with E-state index in [2.05, 4.69) is 0 Å². The first-order valence-corrected chi connectivity index (χ1v) is 9.22. The average molecular weight is 375 g/mol. The molecule has 1 aromatic rings. The minimum atomic E-state index is -4.33. The molecule has 0 spiro atoms. The molecule has 1 aromatic carbocycles. The third-order valence-electron chi connectivity index (χ3n) is 4.40. The molecule has 0 saturated heterocycles. The van der Waals surface area contributed by atoms with E-state index in [-0.39, 0.29) is 11.3 Å². The molecule has 7 heteroatoms. The van der Waals surface area contributed by atoms with E-state index in [1.165, 1.54) is 28.8 Å². The van der Waals surface area contributed by atoms with Crippen LogP contribution in [0.2, 0.25) is 0 Å². The van der Waals surface area contributed by atoms with Gasteiger partial charge in [0, 0.05) is 21.7 Å². The largest absolute Gasteiger partial charge is 0.465 e. The number of thioether (sulfide) groups is 1. The Kier molecular flexibility index (Phi) is 5.97. The van der Waals surface area contributed by atoms with Crippen LogP contribution in [0.1, 0.15) is 52.0 Å². The number of hydrogen-bond donors (Lipinski definition) is 1. The van der Waals surface area contributed by atoms with Crippen molar-refractivity contribution in [2.75, 3.05) is 0 Å². The Hall–Kier alpha value is -1.37. The van der Waals surface area contributed by atoms with Crippen LogP contribution < -0.4 is 0 Å². The Morgan fingerprint density at radius 3 is 2.24 bits per heavy atom. The van der Waals surface area contributed by atoms with Gasteiger partial charge in [0.05, 0.1) is 5.56 Å². The molecule has 1 amide bonds. The van der Waals surface area contributed by atoms with Gasteiger partial charge in [-0.05, 0) is 64.7 Å². The fourth-order valence-corrected chi connectivity index (χ4v) is 4.60. The predicted molar refractivity (Wildman–Crippen MR) is 93.0 cm³/mol. The monoisotopic (exact) mass is 375 g/mol. The molecule has 0 aromatic heterocycles. The number of benzene rings is 1. The van der Waals surface area contributed by atoms with E-state index in [1.807, 2.05) is 20.8 Å². The number of nitrogens with zero attached hydrogens (tertiary/aromatic N) is 1. The Labute approximate surface area is 150 Å². The molecule has 0 aliphatic heterocycles. The molecule has 0 heterocycles. The highest BCUT2D eigenvalue weighted by molar-refractivity contribution is 8.00. The Balaban J connectivity index is 1.98. The zero-order valence-electron chi connectivity index (χ0n) is 14.6. The first-order chi connectivity index (χ1) is 11.5. The summed E-state index contributed by atoms with van der Waals surface area (Å²) in [6.07, 6.45) is -2.18. The summed E-state index contributed by atoms with van der Waals surface area (Å²) in [5.74, 6) is 0. The maximum atomic E-state index is 12.8. The van der Waals surface area contributed by atoms with Crippen molar-refractivity contribution in [1.29, 1.82) is 0 Å². The second-order valence-electron chi connectivity index (χ2n) is 7.40. The van der Waals surface area contributed by atoms with Crippen LogP contribution in [0.4, 0.5) is 18.0 Å². The lowest BCUT2D eigenvalue weighted by Crippen LogP contribution is -2.52. The molecule has 2 rings (SSSR count). The molecule has 1 saturated carbocycles. The highest BCUT2D eigenvalue weighted by atomic mass is 32.2. The SMILES string of the molecule is CC(C)(C)N(C(=O)O)C1CCC(Sc2cccc(C(F)(F)F)c2)CC1. The molecular weight excluding hydrogens is 351 g/mol. The molecule has 1 N–H and O–H groups in total. The molecule has 25 heavy (non-hydrogen) atoms. The topological polar surface area (TPSA) is 40.5 Å². The molecule has 0 atom stereocenters. The maximum Gasteiger partial charge on any atom is 0.416 e. The van der Waals surface area contributed by atoms with Crippen molar-refractivity contribution in [3.05, 3.63) is 29.8 Å². The number of alkyl halides is 3. The summed E-state index contributed by atoms with van der Waals surface area (Å²) < 4.78 is 38.4. The number of halogens is 3. The average Bonchev–Trinajstić information content (AvgIpc) is 2.47. The third kappa shape index (κ3) is 5.30. The highest BCUT2D eigenvalue weighted by Gasteiger charge is 2.36. The molecule has 0 radical (unpaired) electrons. The van der Waals surface area contributed by atoms with Crippen LogP contribution in [0.25, 0.3) is 0 Å². The summed E-state index contributed by atoms with van der Waals surface area (Å²) in [5.41, 5.74) is -1.09. The van der Waals surface area contributed by atoms with Crippen LogP contribution >= 0.6 is 11.8 Å². The molecule has 1 aliphatic rings.